The van der Waals surface area contributed by atoms with Crippen molar-refractivity contribution in [1.29, 1.82) is 0 Å². The third kappa shape index (κ3) is 5.35. The van der Waals surface area contributed by atoms with Crippen molar-refractivity contribution in [2.24, 2.45) is 5.92 Å². The maximum atomic E-state index is 12.9. The molecule has 6 nitrogen and oxygen atoms in total. The van der Waals surface area contributed by atoms with Crippen molar-refractivity contribution in [3.05, 3.63) is 40.2 Å². The first-order valence-corrected chi connectivity index (χ1v) is 11.3. The Labute approximate surface area is 185 Å². The van der Waals surface area contributed by atoms with Gasteiger partial charge in [-0.05, 0) is 44.5 Å². The first-order valence-electron chi connectivity index (χ1n) is 10.9. The summed E-state index contributed by atoms with van der Waals surface area (Å²) in [6.07, 6.45) is 0.311. The van der Waals surface area contributed by atoms with Crippen LogP contribution in [-0.4, -0.2) is 53.3 Å². The number of carbonyl (C=O) groups excluding carboxylic acids is 1. The normalized spacial score (nSPS) is 15.1. The van der Waals surface area contributed by atoms with Gasteiger partial charge in [0.1, 0.15) is 0 Å². The number of nitrogens with zero attached hydrogens (tertiary/aromatic N) is 4. The zero-order valence-electron chi connectivity index (χ0n) is 18.8. The molecule has 2 heterocycles. The largest absolute Gasteiger partial charge is 0.367 e. The minimum atomic E-state index is -0.0407. The minimum absolute atomic E-state index is 0.0407. The summed E-state index contributed by atoms with van der Waals surface area (Å²) in [4.78, 5) is 17.7. The molecular weight excluding hydrogens is 398 g/mol. The number of likely N-dealkylation sites (N-methyl/N-ethyl adjacent to an activating group) is 1. The summed E-state index contributed by atoms with van der Waals surface area (Å²) >= 11 is 6.26. The van der Waals surface area contributed by atoms with Crippen LogP contribution in [0.4, 0.5) is 11.4 Å². The van der Waals surface area contributed by atoms with E-state index in [4.69, 9.17) is 11.6 Å². The smallest absolute Gasteiger partial charge is 0.228 e. The number of halogens is 1. The van der Waals surface area contributed by atoms with Crippen LogP contribution in [-0.2, 0) is 17.8 Å². The van der Waals surface area contributed by atoms with Crippen LogP contribution in [0.15, 0.2) is 18.2 Å². The van der Waals surface area contributed by atoms with Gasteiger partial charge < -0.3 is 15.1 Å². The Kier molecular flexibility index (Phi) is 7.42. The average Bonchev–Trinajstić information content (AvgIpc) is 2.95. The molecule has 1 N–H and O–H groups in total. The number of piperazine rings is 1. The van der Waals surface area contributed by atoms with Crippen molar-refractivity contribution >= 4 is 28.9 Å². The number of hydrogen-bond acceptors (Lipinski definition) is 4. The minimum Gasteiger partial charge on any atom is -0.367 e. The van der Waals surface area contributed by atoms with Crippen LogP contribution in [0.1, 0.15) is 37.7 Å². The van der Waals surface area contributed by atoms with Gasteiger partial charge in [0, 0.05) is 49.0 Å². The monoisotopic (exact) mass is 431 g/mol. The summed E-state index contributed by atoms with van der Waals surface area (Å²) in [7, 11) is 0. The molecule has 0 spiro atoms. The quantitative estimate of drug-likeness (QED) is 0.716. The second-order valence-corrected chi connectivity index (χ2v) is 8.97. The molecule has 2 aromatic rings. The molecule has 164 valence electrons. The van der Waals surface area contributed by atoms with Crippen LogP contribution in [0.5, 0.6) is 0 Å². The highest BCUT2D eigenvalue weighted by Gasteiger charge is 2.21. The predicted molar refractivity (Wildman–Crippen MR) is 125 cm³/mol. The van der Waals surface area contributed by atoms with E-state index >= 15 is 0 Å². The molecule has 1 fully saturated rings. The molecule has 0 bridgehead atoms. The van der Waals surface area contributed by atoms with Gasteiger partial charge in [0.2, 0.25) is 5.91 Å². The SMILES string of the molecule is CCN1CCN(c2ccc(Cl)cc2NC(=O)Cc2c(C)nn(CC(C)C)c2C)CC1. The molecule has 1 aliphatic heterocycles. The third-order valence-corrected chi connectivity index (χ3v) is 6.03. The number of rotatable bonds is 7. The number of hydrogen-bond donors (Lipinski definition) is 1. The topological polar surface area (TPSA) is 53.4 Å². The molecule has 1 aromatic heterocycles. The van der Waals surface area contributed by atoms with Gasteiger partial charge in [-0.3, -0.25) is 9.48 Å². The van der Waals surface area contributed by atoms with Crippen molar-refractivity contribution in [3.8, 4) is 0 Å². The van der Waals surface area contributed by atoms with E-state index in [-0.39, 0.29) is 5.91 Å². The van der Waals surface area contributed by atoms with Crippen molar-refractivity contribution in [1.82, 2.24) is 14.7 Å². The Morgan fingerprint density at radius 3 is 2.53 bits per heavy atom. The van der Waals surface area contributed by atoms with Crippen molar-refractivity contribution in [3.63, 3.8) is 0 Å². The fourth-order valence-electron chi connectivity index (χ4n) is 4.06. The lowest BCUT2D eigenvalue weighted by molar-refractivity contribution is -0.115. The highest BCUT2D eigenvalue weighted by atomic mass is 35.5. The maximum Gasteiger partial charge on any atom is 0.228 e. The molecule has 30 heavy (non-hydrogen) atoms. The van der Waals surface area contributed by atoms with E-state index in [1.54, 1.807) is 0 Å². The lowest BCUT2D eigenvalue weighted by atomic mass is 10.1. The van der Waals surface area contributed by atoms with E-state index in [0.29, 0.717) is 17.4 Å². The molecule has 1 aromatic carbocycles. The number of benzene rings is 1. The van der Waals surface area contributed by atoms with E-state index in [1.807, 2.05) is 36.7 Å². The van der Waals surface area contributed by atoms with Gasteiger partial charge in [-0.2, -0.15) is 5.10 Å². The molecule has 3 rings (SSSR count). The van der Waals surface area contributed by atoms with E-state index in [2.05, 4.69) is 41.0 Å². The lowest BCUT2D eigenvalue weighted by Gasteiger charge is -2.36. The van der Waals surface area contributed by atoms with E-state index in [9.17, 15) is 4.79 Å². The summed E-state index contributed by atoms with van der Waals surface area (Å²) in [6, 6.07) is 5.75. The fraction of sp³-hybridized carbons (Fsp3) is 0.565. The summed E-state index contributed by atoms with van der Waals surface area (Å²) in [5.41, 5.74) is 4.81. The van der Waals surface area contributed by atoms with Crippen LogP contribution >= 0.6 is 11.6 Å². The summed E-state index contributed by atoms with van der Waals surface area (Å²) in [5, 5.41) is 8.37. The number of aryl methyl sites for hydroxylation is 1. The van der Waals surface area contributed by atoms with E-state index in [1.165, 1.54) is 0 Å². The van der Waals surface area contributed by atoms with E-state index in [0.717, 1.165) is 67.6 Å². The highest BCUT2D eigenvalue weighted by molar-refractivity contribution is 6.31. The molecule has 0 saturated carbocycles. The van der Waals surface area contributed by atoms with Gasteiger partial charge in [0.25, 0.3) is 0 Å². The zero-order chi connectivity index (χ0) is 21.8. The number of anilines is 2. The Bertz CT molecular complexity index is 884. The van der Waals surface area contributed by atoms with Crippen LogP contribution in [0.2, 0.25) is 5.02 Å². The summed E-state index contributed by atoms with van der Waals surface area (Å²) in [6.45, 7) is 16.4. The number of nitrogens with one attached hydrogen (secondary N) is 1. The molecule has 0 aliphatic carbocycles. The molecule has 0 atom stereocenters. The number of aromatic nitrogens is 2. The van der Waals surface area contributed by atoms with Crippen LogP contribution in [0, 0.1) is 19.8 Å². The standard InChI is InChI=1S/C23H34ClN5O/c1-6-27-9-11-28(12-10-27)22-8-7-19(24)13-21(22)25-23(30)14-20-17(4)26-29(18(20)5)15-16(2)3/h7-8,13,16H,6,9-12,14-15H2,1-5H3,(H,25,30). The Morgan fingerprint density at radius 2 is 1.90 bits per heavy atom. The van der Waals surface area contributed by atoms with Crippen LogP contribution in [0.3, 0.4) is 0 Å². The number of amides is 1. The molecule has 1 amide bonds. The van der Waals surface area contributed by atoms with Crippen LogP contribution < -0.4 is 10.2 Å². The van der Waals surface area contributed by atoms with E-state index < -0.39 is 0 Å². The van der Waals surface area contributed by atoms with Crippen LogP contribution in [0.25, 0.3) is 0 Å². The van der Waals surface area contributed by atoms with Gasteiger partial charge in [-0.25, -0.2) is 0 Å². The number of carbonyl (C=O) groups is 1. The Hall–Kier alpha value is -2.05. The van der Waals surface area contributed by atoms with Gasteiger partial charge in [0.05, 0.1) is 23.5 Å². The summed E-state index contributed by atoms with van der Waals surface area (Å²) < 4.78 is 2.01. The predicted octanol–water partition coefficient (Wildman–Crippen LogP) is 4.13. The second kappa shape index (κ2) is 9.84. The zero-order valence-corrected chi connectivity index (χ0v) is 19.6. The molecular formula is C23H34ClN5O. The summed E-state index contributed by atoms with van der Waals surface area (Å²) in [5.74, 6) is 0.466. The molecule has 1 saturated heterocycles. The van der Waals surface area contributed by atoms with Gasteiger partial charge >= 0.3 is 0 Å². The van der Waals surface area contributed by atoms with Crippen molar-refractivity contribution in [2.45, 2.75) is 47.6 Å². The maximum absolute atomic E-state index is 12.9. The first-order chi connectivity index (χ1) is 14.3. The first kappa shape index (κ1) is 22.6. The molecule has 1 aliphatic rings. The second-order valence-electron chi connectivity index (χ2n) is 8.53. The molecule has 0 radical (unpaired) electrons. The average molecular weight is 432 g/mol. The van der Waals surface area contributed by atoms with Gasteiger partial charge in [-0.1, -0.05) is 32.4 Å². The third-order valence-electron chi connectivity index (χ3n) is 5.80. The Morgan fingerprint density at radius 1 is 1.20 bits per heavy atom. The molecule has 7 heteroatoms. The lowest BCUT2D eigenvalue weighted by Crippen LogP contribution is -2.46. The van der Waals surface area contributed by atoms with Gasteiger partial charge in [0.15, 0.2) is 0 Å². The van der Waals surface area contributed by atoms with Crippen molar-refractivity contribution < 1.29 is 4.79 Å². The molecule has 0 unspecified atom stereocenters. The van der Waals surface area contributed by atoms with Gasteiger partial charge in [-0.15, -0.1) is 0 Å². The fourth-order valence-corrected chi connectivity index (χ4v) is 4.23. The Balaban J connectivity index is 1.74. The highest BCUT2D eigenvalue weighted by Crippen LogP contribution is 2.30. The van der Waals surface area contributed by atoms with Crippen molar-refractivity contribution in [2.75, 3.05) is 42.9 Å².